The van der Waals surface area contributed by atoms with Gasteiger partial charge in [0.25, 0.3) is 0 Å². The van der Waals surface area contributed by atoms with E-state index in [1.165, 1.54) is 38.1 Å². The van der Waals surface area contributed by atoms with Crippen molar-refractivity contribution in [1.29, 1.82) is 0 Å². The van der Waals surface area contributed by atoms with Gasteiger partial charge in [0.15, 0.2) is 17.5 Å². The van der Waals surface area contributed by atoms with E-state index in [1.54, 1.807) is 0 Å². The molecule has 0 N–H and O–H groups in total. The van der Waals surface area contributed by atoms with Crippen LogP contribution in [0.4, 0.5) is 0 Å². The highest BCUT2D eigenvalue weighted by atomic mass is 16.3. The zero-order valence-corrected chi connectivity index (χ0v) is 26.6. The van der Waals surface area contributed by atoms with Gasteiger partial charge in [-0.2, -0.15) is 0 Å². The van der Waals surface area contributed by atoms with Gasteiger partial charge >= 0.3 is 0 Å². The first-order valence-electron chi connectivity index (χ1n) is 16.7. The zero-order chi connectivity index (χ0) is 32.3. The lowest BCUT2D eigenvalue weighted by Gasteiger charge is -2.21. The summed E-state index contributed by atoms with van der Waals surface area (Å²) in [6.45, 7) is 0. The normalized spacial score (nSPS) is 13.1. The Morgan fingerprint density at radius 1 is 0.408 bits per heavy atom. The molecule has 0 unspecified atom stereocenters. The highest BCUT2D eigenvalue weighted by Gasteiger charge is 2.30. The minimum Gasteiger partial charge on any atom is -0.460 e. The van der Waals surface area contributed by atoms with Gasteiger partial charge in [-0.15, -0.1) is 0 Å². The van der Waals surface area contributed by atoms with E-state index in [-0.39, 0.29) is 0 Å². The van der Waals surface area contributed by atoms with Crippen LogP contribution in [-0.2, 0) is 6.42 Å². The number of allylic oxidation sites excluding steroid dienone is 1. The standard InChI is InChI=1S/C45H29N3O/c1-2-12-30(13-3-1)43-46-44(34-22-23-36-32(27-34)21-19-29-11-6-7-15-35(29)36)48-45(47-43)42-37(33-20-18-28-10-4-5-14-31(28)26-33)24-25-40-41(42)38-16-8-9-17-39(38)49-40/h1-23,26-27H,24-25H2. The number of nitrogens with zero attached hydrogens (tertiary/aromatic N) is 3. The molecule has 7 aromatic carbocycles. The second-order valence-corrected chi connectivity index (χ2v) is 12.7. The monoisotopic (exact) mass is 627 g/mol. The molecule has 0 atom stereocenters. The fourth-order valence-electron chi connectivity index (χ4n) is 7.46. The molecule has 0 fully saturated rings. The number of para-hydroxylation sites is 1. The lowest BCUT2D eigenvalue weighted by Crippen LogP contribution is -2.09. The van der Waals surface area contributed by atoms with Gasteiger partial charge in [-0.3, -0.25) is 0 Å². The molecule has 4 heteroatoms. The van der Waals surface area contributed by atoms with E-state index in [0.29, 0.717) is 17.5 Å². The van der Waals surface area contributed by atoms with Gasteiger partial charge in [0.2, 0.25) is 0 Å². The van der Waals surface area contributed by atoms with Crippen molar-refractivity contribution in [2.45, 2.75) is 12.8 Å². The summed E-state index contributed by atoms with van der Waals surface area (Å²) < 4.78 is 6.50. The molecule has 0 aliphatic heterocycles. The Hall–Kier alpha value is -6.39. The first-order valence-corrected chi connectivity index (χ1v) is 16.7. The van der Waals surface area contributed by atoms with Crippen molar-refractivity contribution in [3.05, 3.63) is 174 Å². The maximum atomic E-state index is 6.50. The van der Waals surface area contributed by atoms with Crippen molar-refractivity contribution < 1.29 is 4.42 Å². The first kappa shape index (κ1) is 27.7. The number of aromatic nitrogens is 3. The Bertz CT molecular complexity index is 2780. The molecule has 0 saturated heterocycles. The van der Waals surface area contributed by atoms with Gasteiger partial charge in [0.05, 0.1) is 0 Å². The number of benzene rings is 7. The fourth-order valence-corrected chi connectivity index (χ4v) is 7.46. The molecular formula is C45H29N3O. The molecule has 49 heavy (non-hydrogen) atoms. The quantitative estimate of drug-likeness (QED) is 0.182. The van der Waals surface area contributed by atoms with E-state index in [4.69, 9.17) is 19.4 Å². The Morgan fingerprint density at radius 2 is 1.02 bits per heavy atom. The molecule has 9 aromatic rings. The number of furan rings is 1. The van der Waals surface area contributed by atoms with Crippen LogP contribution >= 0.6 is 0 Å². The molecule has 2 heterocycles. The highest BCUT2D eigenvalue weighted by molar-refractivity contribution is 6.09. The van der Waals surface area contributed by atoms with E-state index in [2.05, 4.69) is 121 Å². The SMILES string of the molecule is c1ccc(-c2nc(C3=C(c4ccc5ccccc5c4)CCc4oc5ccccc5c43)nc(-c3ccc4c(ccc5ccccc54)c3)n2)cc1. The largest absolute Gasteiger partial charge is 0.460 e. The summed E-state index contributed by atoms with van der Waals surface area (Å²) in [7, 11) is 0. The van der Waals surface area contributed by atoms with Gasteiger partial charge < -0.3 is 4.42 Å². The molecule has 1 aliphatic rings. The van der Waals surface area contributed by atoms with Crippen LogP contribution in [0.3, 0.4) is 0 Å². The number of hydrogen-bond acceptors (Lipinski definition) is 4. The third-order valence-corrected chi connectivity index (χ3v) is 9.81. The highest BCUT2D eigenvalue weighted by Crippen LogP contribution is 2.45. The maximum Gasteiger partial charge on any atom is 0.165 e. The molecule has 4 nitrogen and oxygen atoms in total. The molecule has 0 radical (unpaired) electrons. The molecule has 10 rings (SSSR count). The fraction of sp³-hybridized carbons (Fsp3) is 0.0444. The van der Waals surface area contributed by atoms with Crippen LogP contribution in [0.2, 0.25) is 0 Å². The van der Waals surface area contributed by atoms with Crippen molar-refractivity contribution >= 4 is 54.4 Å². The van der Waals surface area contributed by atoms with Crippen LogP contribution in [0.5, 0.6) is 0 Å². The van der Waals surface area contributed by atoms with E-state index in [0.717, 1.165) is 57.2 Å². The number of hydrogen-bond donors (Lipinski definition) is 0. The van der Waals surface area contributed by atoms with Gasteiger partial charge in [-0.25, -0.2) is 15.0 Å². The van der Waals surface area contributed by atoms with Crippen LogP contribution in [0.1, 0.15) is 29.1 Å². The third-order valence-electron chi connectivity index (χ3n) is 9.81. The Balaban J connectivity index is 1.25. The summed E-state index contributed by atoms with van der Waals surface area (Å²) >= 11 is 0. The molecule has 0 amide bonds. The molecule has 230 valence electrons. The van der Waals surface area contributed by atoms with E-state index >= 15 is 0 Å². The first-order chi connectivity index (χ1) is 24.3. The minimum absolute atomic E-state index is 0.643. The van der Waals surface area contributed by atoms with Gasteiger partial charge in [-0.1, -0.05) is 133 Å². The van der Waals surface area contributed by atoms with Gasteiger partial charge in [0.1, 0.15) is 11.3 Å². The summed E-state index contributed by atoms with van der Waals surface area (Å²) in [4.78, 5) is 15.7. The van der Waals surface area contributed by atoms with Crippen molar-refractivity contribution in [2.75, 3.05) is 0 Å². The average Bonchev–Trinajstić information content (AvgIpc) is 3.56. The number of rotatable bonds is 4. The van der Waals surface area contributed by atoms with Crippen LogP contribution in [-0.4, -0.2) is 15.0 Å². The van der Waals surface area contributed by atoms with Gasteiger partial charge in [-0.05, 0) is 68.1 Å². The molecule has 0 bridgehead atoms. The Labute approximate surface area is 283 Å². The van der Waals surface area contributed by atoms with Crippen LogP contribution in [0.25, 0.3) is 77.2 Å². The van der Waals surface area contributed by atoms with Crippen LogP contribution in [0.15, 0.2) is 156 Å². The second kappa shape index (κ2) is 11.1. The smallest absolute Gasteiger partial charge is 0.165 e. The predicted octanol–water partition coefficient (Wildman–Crippen LogP) is 11.3. The van der Waals surface area contributed by atoms with E-state index < -0.39 is 0 Å². The van der Waals surface area contributed by atoms with Crippen molar-refractivity contribution in [2.24, 2.45) is 0 Å². The Morgan fingerprint density at radius 3 is 1.90 bits per heavy atom. The molecule has 0 saturated carbocycles. The van der Waals surface area contributed by atoms with E-state index in [1.807, 2.05) is 30.3 Å². The van der Waals surface area contributed by atoms with Gasteiger partial charge in [0, 0.05) is 34.1 Å². The van der Waals surface area contributed by atoms with Crippen molar-refractivity contribution in [3.63, 3.8) is 0 Å². The van der Waals surface area contributed by atoms with Crippen LogP contribution in [0, 0.1) is 0 Å². The molecule has 2 aromatic heterocycles. The van der Waals surface area contributed by atoms with Crippen molar-refractivity contribution in [1.82, 2.24) is 15.0 Å². The lowest BCUT2D eigenvalue weighted by atomic mass is 9.84. The topological polar surface area (TPSA) is 51.8 Å². The average molecular weight is 628 g/mol. The summed E-state index contributed by atoms with van der Waals surface area (Å²) in [6.07, 6.45) is 1.61. The maximum absolute atomic E-state index is 6.50. The summed E-state index contributed by atoms with van der Waals surface area (Å²) in [6, 6.07) is 53.2. The summed E-state index contributed by atoms with van der Waals surface area (Å²) in [5.74, 6) is 2.91. The third kappa shape index (κ3) is 4.64. The van der Waals surface area contributed by atoms with E-state index in [9.17, 15) is 0 Å². The van der Waals surface area contributed by atoms with Crippen molar-refractivity contribution in [3.8, 4) is 22.8 Å². The van der Waals surface area contributed by atoms with Crippen LogP contribution < -0.4 is 0 Å². The zero-order valence-electron chi connectivity index (χ0n) is 26.6. The molecule has 1 aliphatic carbocycles. The second-order valence-electron chi connectivity index (χ2n) is 12.7. The minimum atomic E-state index is 0.643. The predicted molar refractivity (Wildman–Crippen MR) is 200 cm³/mol. The summed E-state index contributed by atoms with van der Waals surface area (Å²) in [5.41, 5.74) is 7.24. The molecular weight excluding hydrogens is 599 g/mol. The Kier molecular flexibility index (Phi) is 6.28. The lowest BCUT2D eigenvalue weighted by molar-refractivity contribution is 0.547. The number of aryl methyl sites for hydroxylation is 1. The number of fused-ring (bicyclic) bond motifs is 7. The summed E-state index contributed by atoms with van der Waals surface area (Å²) in [5, 5.41) is 8.33. The molecule has 0 spiro atoms.